The van der Waals surface area contributed by atoms with Gasteiger partial charge in [-0.1, -0.05) is 18.2 Å². The molecular formula is C24H22N2O4. The van der Waals surface area contributed by atoms with Crippen LogP contribution in [-0.4, -0.2) is 23.4 Å². The highest BCUT2D eigenvalue weighted by Crippen LogP contribution is 2.24. The molecule has 0 aliphatic heterocycles. The van der Waals surface area contributed by atoms with E-state index in [9.17, 15) is 9.59 Å². The number of carbonyl (C=O) groups is 2. The van der Waals surface area contributed by atoms with Crippen LogP contribution in [0.2, 0.25) is 0 Å². The average molecular weight is 402 g/mol. The van der Waals surface area contributed by atoms with E-state index < -0.39 is 5.97 Å². The van der Waals surface area contributed by atoms with Crippen LogP contribution in [0.25, 0.3) is 17.0 Å². The number of carbonyl (C=O) groups excluding carboxylic acids is 2. The summed E-state index contributed by atoms with van der Waals surface area (Å²) in [5, 5.41) is 9.85. The number of nitrogens with zero attached hydrogens (tertiary/aromatic N) is 2. The lowest BCUT2D eigenvalue weighted by Crippen LogP contribution is -2.04. The van der Waals surface area contributed by atoms with Crippen LogP contribution in [0.5, 0.6) is 5.75 Å². The molecular weight excluding hydrogens is 380 g/mol. The molecule has 0 aliphatic rings. The second kappa shape index (κ2) is 9.57. The third-order valence-corrected chi connectivity index (χ3v) is 4.74. The van der Waals surface area contributed by atoms with Gasteiger partial charge in [-0.3, -0.25) is 4.79 Å². The first kappa shape index (κ1) is 20.9. The third kappa shape index (κ3) is 4.76. The number of hydrogen-bond donors (Lipinski definition) is 0. The van der Waals surface area contributed by atoms with Crippen molar-refractivity contribution < 1.29 is 19.1 Å². The molecule has 2 aromatic carbocycles. The van der Waals surface area contributed by atoms with Crippen molar-refractivity contribution in [3.63, 3.8) is 0 Å². The lowest BCUT2D eigenvalue weighted by Gasteiger charge is -2.09. The Morgan fingerprint density at radius 3 is 2.73 bits per heavy atom. The average Bonchev–Trinajstić information content (AvgIpc) is 3.12. The van der Waals surface area contributed by atoms with E-state index in [1.54, 1.807) is 24.3 Å². The van der Waals surface area contributed by atoms with Crippen LogP contribution in [0, 0.1) is 11.3 Å². The molecule has 30 heavy (non-hydrogen) atoms. The predicted molar refractivity (Wildman–Crippen MR) is 114 cm³/mol. The van der Waals surface area contributed by atoms with Gasteiger partial charge in [0.25, 0.3) is 0 Å². The standard InChI is InChI=1S/C24H22N2O4/c1-17(27)18-8-10-23(29-2)20(14-18)16-30-24(28)11-9-19-15-26(13-5-12-25)22-7-4-3-6-21(19)22/h3-4,6-11,14-15H,5,13,16H2,1-2H3/b11-9+. The fourth-order valence-electron chi connectivity index (χ4n) is 3.23. The summed E-state index contributed by atoms with van der Waals surface area (Å²) in [6, 6.07) is 15.0. The van der Waals surface area contributed by atoms with Gasteiger partial charge in [-0.05, 0) is 37.3 Å². The molecule has 0 radical (unpaired) electrons. The second-order valence-electron chi connectivity index (χ2n) is 6.73. The maximum absolute atomic E-state index is 12.3. The van der Waals surface area contributed by atoms with Crippen LogP contribution in [0.1, 0.15) is 34.8 Å². The Hall–Kier alpha value is -3.85. The van der Waals surface area contributed by atoms with Gasteiger partial charge in [-0.15, -0.1) is 0 Å². The van der Waals surface area contributed by atoms with E-state index in [0.29, 0.717) is 29.8 Å². The molecule has 0 saturated heterocycles. The van der Waals surface area contributed by atoms with Gasteiger partial charge in [0.2, 0.25) is 0 Å². The summed E-state index contributed by atoms with van der Waals surface area (Å²) in [6.07, 6.45) is 5.41. The monoisotopic (exact) mass is 402 g/mol. The Bertz CT molecular complexity index is 1150. The summed E-state index contributed by atoms with van der Waals surface area (Å²) in [5.74, 6) is -0.0191. The maximum atomic E-state index is 12.3. The van der Waals surface area contributed by atoms with Gasteiger partial charge < -0.3 is 14.0 Å². The molecule has 0 aliphatic carbocycles. The molecule has 0 N–H and O–H groups in total. The Balaban J connectivity index is 1.74. The van der Waals surface area contributed by atoms with Crippen molar-refractivity contribution in [2.45, 2.75) is 26.5 Å². The number of fused-ring (bicyclic) bond motifs is 1. The van der Waals surface area contributed by atoms with Crippen LogP contribution < -0.4 is 4.74 Å². The van der Waals surface area contributed by atoms with E-state index in [-0.39, 0.29) is 12.4 Å². The number of benzene rings is 2. The highest BCUT2D eigenvalue weighted by Gasteiger charge is 2.10. The largest absolute Gasteiger partial charge is 0.496 e. The van der Waals surface area contributed by atoms with Gasteiger partial charge in [0.05, 0.1) is 19.6 Å². The molecule has 0 unspecified atom stereocenters. The highest BCUT2D eigenvalue weighted by molar-refractivity contribution is 5.95. The van der Waals surface area contributed by atoms with Crippen molar-refractivity contribution in [1.29, 1.82) is 5.26 Å². The summed E-state index contributed by atoms with van der Waals surface area (Å²) >= 11 is 0. The van der Waals surface area contributed by atoms with Crippen molar-refractivity contribution in [2.75, 3.05) is 7.11 Å². The topological polar surface area (TPSA) is 81.3 Å². The summed E-state index contributed by atoms with van der Waals surface area (Å²) in [5.41, 5.74) is 3.03. The minimum absolute atomic E-state index is 0.00258. The Labute approximate surface area is 174 Å². The van der Waals surface area contributed by atoms with Crippen molar-refractivity contribution in [3.8, 4) is 11.8 Å². The minimum Gasteiger partial charge on any atom is -0.496 e. The molecule has 152 valence electrons. The zero-order chi connectivity index (χ0) is 21.5. The van der Waals surface area contributed by atoms with E-state index in [1.165, 1.54) is 20.1 Å². The summed E-state index contributed by atoms with van der Waals surface area (Å²) in [7, 11) is 1.52. The molecule has 3 rings (SSSR count). The number of rotatable bonds is 8. The smallest absolute Gasteiger partial charge is 0.331 e. The van der Waals surface area contributed by atoms with E-state index in [1.807, 2.05) is 35.0 Å². The number of para-hydroxylation sites is 1. The first-order valence-corrected chi connectivity index (χ1v) is 9.51. The minimum atomic E-state index is -0.501. The highest BCUT2D eigenvalue weighted by atomic mass is 16.5. The molecule has 3 aromatic rings. The molecule has 0 atom stereocenters. The lowest BCUT2D eigenvalue weighted by molar-refractivity contribution is -0.138. The van der Waals surface area contributed by atoms with Crippen LogP contribution in [0.15, 0.2) is 54.7 Å². The fourth-order valence-corrected chi connectivity index (χ4v) is 3.23. The quantitative estimate of drug-likeness (QED) is 0.314. The van der Waals surface area contributed by atoms with Gasteiger partial charge in [0.1, 0.15) is 12.4 Å². The van der Waals surface area contributed by atoms with Crippen LogP contribution in [-0.2, 0) is 22.7 Å². The number of methoxy groups -OCH3 is 1. The number of aromatic nitrogens is 1. The summed E-state index contributed by atoms with van der Waals surface area (Å²) in [6.45, 7) is 2.06. The van der Waals surface area contributed by atoms with E-state index in [4.69, 9.17) is 14.7 Å². The van der Waals surface area contributed by atoms with E-state index in [2.05, 4.69) is 6.07 Å². The molecule has 0 spiro atoms. The van der Waals surface area contributed by atoms with E-state index in [0.717, 1.165) is 16.5 Å². The molecule has 6 nitrogen and oxygen atoms in total. The van der Waals surface area contributed by atoms with Crippen LogP contribution >= 0.6 is 0 Å². The predicted octanol–water partition coefficient (Wildman–Crippen LogP) is 4.52. The SMILES string of the molecule is COc1ccc(C(C)=O)cc1COC(=O)/C=C/c1cn(CCC#N)c2ccccc12. The number of aryl methyl sites for hydroxylation is 1. The van der Waals surface area contributed by atoms with Crippen molar-refractivity contribution >= 4 is 28.7 Å². The Morgan fingerprint density at radius 2 is 2.00 bits per heavy atom. The van der Waals surface area contributed by atoms with Gasteiger partial charge >= 0.3 is 5.97 Å². The zero-order valence-electron chi connectivity index (χ0n) is 16.9. The van der Waals surface area contributed by atoms with Gasteiger partial charge in [-0.25, -0.2) is 4.79 Å². The second-order valence-corrected chi connectivity index (χ2v) is 6.73. The molecule has 1 aromatic heterocycles. The molecule has 0 bridgehead atoms. The van der Waals surface area contributed by atoms with Crippen molar-refractivity contribution in [2.24, 2.45) is 0 Å². The number of Topliss-reactive ketones (excluding diaryl/α,β-unsaturated/α-hetero) is 1. The first-order chi connectivity index (χ1) is 14.5. The molecule has 6 heteroatoms. The summed E-state index contributed by atoms with van der Waals surface area (Å²) in [4.78, 5) is 23.8. The Kier molecular flexibility index (Phi) is 6.66. The zero-order valence-corrected chi connectivity index (χ0v) is 16.9. The Morgan fingerprint density at radius 1 is 1.20 bits per heavy atom. The number of nitriles is 1. The van der Waals surface area contributed by atoms with Crippen molar-refractivity contribution in [3.05, 3.63) is 71.4 Å². The summed E-state index contributed by atoms with van der Waals surface area (Å²) < 4.78 is 12.6. The molecule has 0 saturated carbocycles. The van der Waals surface area contributed by atoms with Crippen molar-refractivity contribution in [1.82, 2.24) is 4.57 Å². The van der Waals surface area contributed by atoms with Crippen LogP contribution in [0.3, 0.4) is 0 Å². The van der Waals surface area contributed by atoms with E-state index >= 15 is 0 Å². The maximum Gasteiger partial charge on any atom is 0.331 e. The van der Waals surface area contributed by atoms with Crippen LogP contribution in [0.4, 0.5) is 0 Å². The number of ether oxygens (including phenoxy) is 2. The third-order valence-electron chi connectivity index (χ3n) is 4.74. The number of ketones is 1. The van der Waals surface area contributed by atoms with Gasteiger partial charge in [0, 0.05) is 46.4 Å². The fraction of sp³-hybridized carbons (Fsp3) is 0.208. The molecule has 0 amide bonds. The lowest BCUT2D eigenvalue weighted by atomic mass is 10.1. The number of esters is 1. The normalized spacial score (nSPS) is 10.8. The van der Waals surface area contributed by atoms with Gasteiger partial charge in [0.15, 0.2) is 5.78 Å². The molecule has 0 fully saturated rings. The first-order valence-electron chi connectivity index (χ1n) is 9.51. The van der Waals surface area contributed by atoms with Gasteiger partial charge in [-0.2, -0.15) is 5.26 Å². The number of hydrogen-bond acceptors (Lipinski definition) is 5. The molecule has 1 heterocycles.